The summed E-state index contributed by atoms with van der Waals surface area (Å²) in [6.45, 7) is 0.485. The van der Waals surface area contributed by atoms with E-state index in [0.717, 1.165) is 16.9 Å². The van der Waals surface area contributed by atoms with E-state index >= 15 is 0 Å². The van der Waals surface area contributed by atoms with Gasteiger partial charge in [0.25, 0.3) is 11.6 Å². The number of thioether (sulfide) groups is 1. The van der Waals surface area contributed by atoms with Crippen LogP contribution in [0.1, 0.15) is 16.7 Å². The number of amides is 1. The third-order valence-electron chi connectivity index (χ3n) is 4.55. The molecule has 8 heteroatoms. The van der Waals surface area contributed by atoms with E-state index in [1.807, 2.05) is 36.4 Å². The molecule has 0 fully saturated rings. The van der Waals surface area contributed by atoms with Crippen LogP contribution in [0.25, 0.3) is 11.6 Å². The Morgan fingerprint density at radius 2 is 1.75 bits per heavy atom. The fraction of sp³-hybridized carbons (Fsp3) is 0.125. The number of halogens is 2. The molecular weight excluding hydrogens is 467 g/mol. The molecule has 0 saturated heterocycles. The van der Waals surface area contributed by atoms with Gasteiger partial charge >= 0.3 is 0 Å². The predicted octanol–water partition coefficient (Wildman–Crippen LogP) is 6.49. The number of carbonyl (C=O) groups excluding carboxylic acids is 1. The summed E-state index contributed by atoms with van der Waals surface area (Å²) in [7, 11) is 0. The molecule has 32 heavy (non-hydrogen) atoms. The third-order valence-corrected chi connectivity index (χ3v) is 6.14. The van der Waals surface area contributed by atoms with Crippen LogP contribution in [0, 0.1) is 10.1 Å². The number of benzene rings is 3. The Morgan fingerprint density at radius 3 is 2.41 bits per heavy atom. The first kappa shape index (κ1) is 23.9. The summed E-state index contributed by atoms with van der Waals surface area (Å²) < 4.78 is 0. The van der Waals surface area contributed by atoms with E-state index in [4.69, 9.17) is 23.2 Å². The first-order valence-electron chi connectivity index (χ1n) is 9.75. The monoisotopic (exact) mass is 486 g/mol. The maximum atomic E-state index is 12.9. The molecule has 0 saturated carbocycles. The van der Waals surface area contributed by atoms with Crippen molar-refractivity contribution < 1.29 is 9.72 Å². The lowest BCUT2D eigenvalue weighted by atomic mass is 10.0. The average Bonchev–Trinajstić information content (AvgIpc) is 2.79. The van der Waals surface area contributed by atoms with Gasteiger partial charge in [-0.3, -0.25) is 14.9 Å². The minimum atomic E-state index is -0.451. The quantitative estimate of drug-likeness (QED) is 0.123. The van der Waals surface area contributed by atoms with Crippen LogP contribution in [-0.4, -0.2) is 23.1 Å². The van der Waals surface area contributed by atoms with Gasteiger partial charge in [0, 0.05) is 45.8 Å². The zero-order chi connectivity index (χ0) is 22.9. The van der Waals surface area contributed by atoms with Gasteiger partial charge in [-0.15, -0.1) is 0 Å². The number of nitro benzene ring substituents is 1. The van der Waals surface area contributed by atoms with E-state index in [0.29, 0.717) is 33.5 Å². The average molecular weight is 487 g/mol. The van der Waals surface area contributed by atoms with Crippen LogP contribution in [0.2, 0.25) is 10.0 Å². The van der Waals surface area contributed by atoms with Gasteiger partial charge in [0.15, 0.2) is 0 Å². The van der Waals surface area contributed by atoms with Crippen molar-refractivity contribution in [2.75, 3.05) is 12.3 Å². The summed E-state index contributed by atoms with van der Waals surface area (Å²) >= 11 is 13.8. The molecule has 0 aliphatic carbocycles. The van der Waals surface area contributed by atoms with Gasteiger partial charge in [0.05, 0.1) is 4.92 Å². The summed E-state index contributed by atoms with van der Waals surface area (Å²) in [5.41, 5.74) is 2.96. The van der Waals surface area contributed by atoms with Gasteiger partial charge in [0.1, 0.15) is 0 Å². The fourth-order valence-corrected chi connectivity index (χ4v) is 4.33. The van der Waals surface area contributed by atoms with Crippen LogP contribution in [0.4, 0.5) is 5.69 Å². The van der Waals surface area contributed by atoms with Crippen molar-refractivity contribution in [1.29, 1.82) is 0 Å². The van der Waals surface area contributed by atoms with Crippen molar-refractivity contribution in [3.8, 4) is 0 Å². The highest BCUT2D eigenvalue weighted by molar-refractivity contribution is 7.98. The van der Waals surface area contributed by atoms with E-state index < -0.39 is 4.92 Å². The molecule has 0 aliphatic rings. The molecule has 5 nitrogen and oxygen atoms in total. The molecule has 0 atom stereocenters. The van der Waals surface area contributed by atoms with E-state index in [-0.39, 0.29) is 11.6 Å². The van der Waals surface area contributed by atoms with Gasteiger partial charge in [0.2, 0.25) is 0 Å². The number of nitrogens with one attached hydrogen (secondary N) is 1. The Labute approximate surface area is 200 Å². The maximum absolute atomic E-state index is 12.9. The predicted molar refractivity (Wildman–Crippen MR) is 133 cm³/mol. The molecule has 3 aromatic rings. The van der Waals surface area contributed by atoms with Crippen molar-refractivity contribution in [2.45, 2.75) is 5.75 Å². The highest BCUT2D eigenvalue weighted by Gasteiger charge is 2.12. The minimum Gasteiger partial charge on any atom is -0.351 e. The summed E-state index contributed by atoms with van der Waals surface area (Å²) in [6.07, 6.45) is 1.73. The molecule has 0 heterocycles. The van der Waals surface area contributed by atoms with Crippen LogP contribution in [0.15, 0.2) is 72.8 Å². The Kier molecular flexibility index (Phi) is 8.73. The number of rotatable bonds is 9. The first-order chi connectivity index (χ1) is 15.4. The van der Waals surface area contributed by atoms with E-state index in [2.05, 4.69) is 5.32 Å². The largest absolute Gasteiger partial charge is 0.351 e. The summed E-state index contributed by atoms with van der Waals surface area (Å²) in [5.74, 6) is 1.22. The molecular formula is C24H20Cl2N2O3S. The molecule has 3 aromatic carbocycles. The SMILES string of the molecule is O=C(NCCSCc1ccc(Cl)cc1Cl)/C(=C/c1ccc([N+](=O)[O-])cc1)c1ccccc1. The molecule has 0 spiro atoms. The standard InChI is InChI=1S/C24H20Cl2N2O3S/c25-20-9-8-19(23(26)15-20)16-32-13-12-27-24(29)22(18-4-2-1-3-5-18)14-17-6-10-21(11-7-17)28(30)31/h1-11,14-15H,12-13,16H2,(H,27,29)/b22-14+. The number of nitro groups is 1. The minimum absolute atomic E-state index is 0.00526. The van der Waals surface area contributed by atoms with Crippen molar-refractivity contribution in [2.24, 2.45) is 0 Å². The second-order valence-electron chi connectivity index (χ2n) is 6.82. The van der Waals surface area contributed by atoms with Crippen LogP contribution in [-0.2, 0) is 10.5 Å². The van der Waals surface area contributed by atoms with Crippen LogP contribution in [0.3, 0.4) is 0 Å². The Bertz CT molecular complexity index is 1120. The molecule has 0 unspecified atom stereocenters. The zero-order valence-corrected chi connectivity index (χ0v) is 19.3. The van der Waals surface area contributed by atoms with Crippen molar-refractivity contribution in [3.05, 3.63) is 110 Å². The normalized spacial score (nSPS) is 11.2. The number of nitrogens with zero attached hydrogens (tertiary/aromatic N) is 1. The van der Waals surface area contributed by atoms with E-state index in [9.17, 15) is 14.9 Å². The topological polar surface area (TPSA) is 72.2 Å². The molecule has 3 rings (SSSR count). The Hall–Kier alpha value is -2.80. The summed E-state index contributed by atoms with van der Waals surface area (Å²) in [5, 5.41) is 15.1. The molecule has 1 N–H and O–H groups in total. The van der Waals surface area contributed by atoms with Gasteiger partial charge in [-0.1, -0.05) is 59.6 Å². The Balaban J connectivity index is 1.63. The second-order valence-corrected chi connectivity index (χ2v) is 8.77. The van der Waals surface area contributed by atoms with E-state index in [1.165, 1.54) is 12.1 Å². The summed E-state index contributed by atoms with van der Waals surface area (Å²) in [4.78, 5) is 23.3. The van der Waals surface area contributed by atoms with Gasteiger partial charge < -0.3 is 5.32 Å². The molecule has 0 radical (unpaired) electrons. The fourth-order valence-electron chi connectivity index (χ4n) is 2.91. The third kappa shape index (κ3) is 6.85. The summed E-state index contributed by atoms with van der Waals surface area (Å²) in [6, 6.07) is 20.8. The lowest BCUT2D eigenvalue weighted by Crippen LogP contribution is -2.26. The smallest absolute Gasteiger partial charge is 0.269 e. The Morgan fingerprint density at radius 1 is 1.03 bits per heavy atom. The lowest BCUT2D eigenvalue weighted by molar-refractivity contribution is -0.384. The van der Waals surface area contributed by atoms with Crippen molar-refractivity contribution in [3.63, 3.8) is 0 Å². The molecule has 0 bridgehead atoms. The highest BCUT2D eigenvalue weighted by Crippen LogP contribution is 2.25. The zero-order valence-electron chi connectivity index (χ0n) is 17.0. The number of hydrogen-bond acceptors (Lipinski definition) is 4. The maximum Gasteiger partial charge on any atom is 0.269 e. The molecule has 0 aliphatic heterocycles. The number of hydrogen-bond donors (Lipinski definition) is 1. The second kappa shape index (κ2) is 11.7. The lowest BCUT2D eigenvalue weighted by Gasteiger charge is -2.10. The van der Waals surface area contributed by atoms with Gasteiger partial charge in [-0.2, -0.15) is 11.8 Å². The number of carbonyl (C=O) groups is 1. The number of non-ortho nitro benzene ring substituents is 1. The molecule has 164 valence electrons. The van der Waals surface area contributed by atoms with Crippen LogP contribution < -0.4 is 5.32 Å². The van der Waals surface area contributed by atoms with E-state index in [1.54, 1.807) is 42.1 Å². The van der Waals surface area contributed by atoms with Crippen LogP contribution in [0.5, 0.6) is 0 Å². The van der Waals surface area contributed by atoms with Gasteiger partial charge in [-0.05, 0) is 47.0 Å². The molecule has 1 amide bonds. The van der Waals surface area contributed by atoms with Crippen molar-refractivity contribution in [1.82, 2.24) is 5.32 Å². The van der Waals surface area contributed by atoms with Crippen molar-refractivity contribution >= 4 is 58.2 Å². The van der Waals surface area contributed by atoms with Gasteiger partial charge in [-0.25, -0.2) is 0 Å². The first-order valence-corrected chi connectivity index (χ1v) is 11.7. The van der Waals surface area contributed by atoms with Crippen LogP contribution >= 0.6 is 35.0 Å². The highest BCUT2D eigenvalue weighted by atomic mass is 35.5. The molecule has 0 aromatic heterocycles.